The highest BCUT2D eigenvalue weighted by molar-refractivity contribution is 6.39. The lowest BCUT2D eigenvalue weighted by atomic mass is 9.48. The molecule has 7 heteroatoms. The molecule has 4 amide bonds. The summed E-state index contributed by atoms with van der Waals surface area (Å²) in [6.07, 6.45) is 11.1. The Kier molecular flexibility index (Phi) is 5.09. The Morgan fingerprint density at radius 1 is 0.947 bits per heavy atom. The first-order valence-electron chi connectivity index (χ1n) is 13.4. The highest BCUT2D eigenvalue weighted by atomic mass is 16.2. The van der Waals surface area contributed by atoms with Crippen LogP contribution in [-0.4, -0.2) is 22.4 Å². The van der Waals surface area contributed by atoms with Gasteiger partial charge in [0.25, 0.3) is 11.8 Å². The van der Waals surface area contributed by atoms with Crippen molar-refractivity contribution in [3.05, 3.63) is 71.4 Å². The van der Waals surface area contributed by atoms with Crippen molar-refractivity contribution in [1.29, 1.82) is 5.26 Å². The summed E-state index contributed by atoms with van der Waals surface area (Å²) in [4.78, 5) is 40.2. The van der Waals surface area contributed by atoms with Crippen LogP contribution in [0.15, 0.2) is 60.3 Å². The SMILES string of the molecule is N#CCn1cc(C=C2C(=O)NC(=O)N(c3ccc(C45CC6CC(CC(C6)C4)C5)cc3)C2=O)c2ccccc21. The molecule has 190 valence electrons. The van der Waals surface area contributed by atoms with Crippen molar-refractivity contribution in [2.24, 2.45) is 17.8 Å². The van der Waals surface area contributed by atoms with E-state index in [1.54, 1.807) is 10.8 Å². The molecule has 1 aromatic heterocycles. The van der Waals surface area contributed by atoms with Gasteiger partial charge in [-0.15, -0.1) is 0 Å². The molecular formula is C31H28N4O3. The molecule has 4 bridgehead atoms. The number of amides is 4. The first kappa shape index (κ1) is 23.0. The Bertz CT molecular complexity index is 1540. The zero-order valence-corrected chi connectivity index (χ0v) is 21.0. The molecule has 2 aromatic carbocycles. The normalized spacial score (nSPS) is 29.2. The molecule has 1 saturated heterocycles. The van der Waals surface area contributed by atoms with Gasteiger partial charge in [0.2, 0.25) is 0 Å². The van der Waals surface area contributed by atoms with Crippen LogP contribution in [0.1, 0.15) is 49.7 Å². The Balaban J connectivity index is 1.21. The lowest BCUT2D eigenvalue weighted by Gasteiger charge is -2.57. The van der Waals surface area contributed by atoms with Gasteiger partial charge in [0.1, 0.15) is 12.1 Å². The number of benzene rings is 2. The number of hydrogen-bond donors (Lipinski definition) is 1. The summed E-state index contributed by atoms with van der Waals surface area (Å²) in [6, 6.07) is 16.8. The summed E-state index contributed by atoms with van der Waals surface area (Å²) in [5.41, 5.74) is 3.34. The van der Waals surface area contributed by atoms with E-state index in [2.05, 4.69) is 23.5 Å². The van der Waals surface area contributed by atoms with E-state index in [0.29, 0.717) is 11.3 Å². The molecule has 1 aliphatic heterocycles. The first-order chi connectivity index (χ1) is 18.4. The van der Waals surface area contributed by atoms with Crippen molar-refractivity contribution < 1.29 is 14.4 Å². The molecule has 5 aliphatic rings. The minimum Gasteiger partial charge on any atom is -0.333 e. The standard InChI is InChI=1S/C31H28N4O3/c32-9-10-34-18-22(25-3-1-2-4-27(25)34)14-26-28(36)33-30(38)35(29(26)37)24-7-5-23(6-8-24)31-15-19-11-20(16-31)13-21(12-19)17-31/h1-8,14,18-21H,10-13,15-17H2,(H,33,36,38). The quantitative estimate of drug-likeness (QED) is 0.385. The Hall–Kier alpha value is -4.18. The van der Waals surface area contributed by atoms with Gasteiger partial charge in [0.15, 0.2) is 0 Å². The predicted molar refractivity (Wildman–Crippen MR) is 143 cm³/mol. The minimum absolute atomic E-state index is 0.116. The van der Waals surface area contributed by atoms with E-state index in [1.807, 2.05) is 36.4 Å². The fourth-order valence-electron chi connectivity index (χ4n) is 8.07. The van der Waals surface area contributed by atoms with Crippen LogP contribution in [0.25, 0.3) is 17.0 Å². The van der Waals surface area contributed by atoms with Gasteiger partial charge in [-0.05, 0) is 91.5 Å². The molecule has 3 aromatic rings. The topological polar surface area (TPSA) is 95.2 Å². The van der Waals surface area contributed by atoms with Gasteiger partial charge in [-0.2, -0.15) is 5.26 Å². The molecule has 2 heterocycles. The van der Waals surface area contributed by atoms with Gasteiger partial charge in [-0.1, -0.05) is 30.3 Å². The number of hydrogen-bond acceptors (Lipinski definition) is 4. The first-order valence-corrected chi connectivity index (χ1v) is 13.4. The number of fused-ring (bicyclic) bond motifs is 1. The van der Waals surface area contributed by atoms with Crippen molar-refractivity contribution in [3.63, 3.8) is 0 Å². The van der Waals surface area contributed by atoms with Crippen molar-refractivity contribution >= 4 is 40.5 Å². The number of rotatable bonds is 4. The van der Waals surface area contributed by atoms with E-state index in [4.69, 9.17) is 0 Å². The van der Waals surface area contributed by atoms with Crippen LogP contribution < -0.4 is 10.2 Å². The van der Waals surface area contributed by atoms with Crippen LogP contribution in [0.3, 0.4) is 0 Å². The predicted octanol–water partition coefficient (Wildman–Crippen LogP) is 5.30. The van der Waals surface area contributed by atoms with E-state index in [1.165, 1.54) is 50.2 Å². The number of anilines is 1. The van der Waals surface area contributed by atoms with Gasteiger partial charge >= 0.3 is 6.03 Å². The molecule has 0 radical (unpaired) electrons. The van der Waals surface area contributed by atoms with Crippen LogP contribution in [0.4, 0.5) is 10.5 Å². The van der Waals surface area contributed by atoms with Crippen molar-refractivity contribution in [3.8, 4) is 6.07 Å². The molecule has 0 unspecified atom stereocenters. The number of para-hydroxylation sites is 1. The van der Waals surface area contributed by atoms with E-state index in [9.17, 15) is 19.6 Å². The second-order valence-corrected chi connectivity index (χ2v) is 11.6. The van der Waals surface area contributed by atoms with E-state index < -0.39 is 17.8 Å². The number of carbonyl (C=O) groups is 3. The van der Waals surface area contributed by atoms with E-state index in [0.717, 1.165) is 33.6 Å². The summed E-state index contributed by atoms with van der Waals surface area (Å²) < 4.78 is 1.78. The van der Waals surface area contributed by atoms with Crippen LogP contribution in [-0.2, 0) is 21.5 Å². The largest absolute Gasteiger partial charge is 0.335 e. The van der Waals surface area contributed by atoms with Gasteiger partial charge in [0.05, 0.1) is 11.8 Å². The van der Waals surface area contributed by atoms with Crippen LogP contribution >= 0.6 is 0 Å². The van der Waals surface area contributed by atoms with Crippen LogP contribution in [0, 0.1) is 29.1 Å². The second-order valence-electron chi connectivity index (χ2n) is 11.6. The van der Waals surface area contributed by atoms with Crippen molar-refractivity contribution in [2.45, 2.75) is 50.5 Å². The highest BCUT2D eigenvalue weighted by Crippen LogP contribution is 2.60. The van der Waals surface area contributed by atoms with Gasteiger partial charge < -0.3 is 4.57 Å². The van der Waals surface area contributed by atoms with Crippen molar-refractivity contribution in [1.82, 2.24) is 9.88 Å². The number of imide groups is 2. The van der Waals surface area contributed by atoms with E-state index in [-0.39, 0.29) is 17.5 Å². The number of nitriles is 1. The highest BCUT2D eigenvalue weighted by Gasteiger charge is 2.51. The van der Waals surface area contributed by atoms with Crippen LogP contribution in [0.5, 0.6) is 0 Å². The molecule has 7 nitrogen and oxygen atoms in total. The maximum absolute atomic E-state index is 13.5. The third-order valence-electron chi connectivity index (χ3n) is 9.24. The zero-order valence-electron chi connectivity index (χ0n) is 21.0. The van der Waals surface area contributed by atoms with Crippen molar-refractivity contribution in [2.75, 3.05) is 4.90 Å². The molecule has 8 rings (SSSR count). The maximum atomic E-state index is 13.5. The Morgan fingerprint density at radius 3 is 2.26 bits per heavy atom. The summed E-state index contributed by atoms with van der Waals surface area (Å²) in [6.45, 7) is 0.143. The molecule has 38 heavy (non-hydrogen) atoms. The summed E-state index contributed by atoms with van der Waals surface area (Å²) in [5, 5.41) is 12.4. The molecule has 0 spiro atoms. The molecule has 5 fully saturated rings. The number of urea groups is 1. The fraction of sp³-hybridized carbons (Fsp3) is 0.355. The number of aromatic nitrogens is 1. The average Bonchev–Trinajstić information content (AvgIpc) is 3.23. The van der Waals surface area contributed by atoms with E-state index >= 15 is 0 Å². The molecule has 0 atom stereocenters. The Morgan fingerprint density at radius 2 is 1.61 bits per heavy atom. The Labute approximate surface area is 220 Å². The summed E-state index contributed by atoms with van der Waals surface area (Å²) in [5.74, 6) is 1.10. The van der Waals surface area contributed by atoms with Gasteiger partial charge in [0, 0.05) is 22.7 Å². The molecule has 1 N–H and O–H groups in total. The number of carbonyl (C=O) groups excluding carboxylic acids is 3. The lowest BCUT2D eigenvalue weighted by Crippen LogP contribution is -2.54. The fourth-order valence-corrected chi connectivity index (χ4v) is 8.07. The third-order valence-corrected chi connectivity index (χ3v) is 9.24. The number of nitrogens with one attached hydrogen (secondary N) is 1. The van der Waals surface area contributed by atoms with Crippen LogP contribution in [0.2, 0.25) is 0 Å². The monoisotopic (exact) mass is 504 g/mol. The smallest absolute Gasteiger partial charge is 0.333 e. The molecule has 4 saturated carbocycles. The zero-order chi connectivity index (χ0) is 26.0. The summed E-state index contributed by atoms with van der Waals surface area (Å²) in [7, 11) is 0. The number of barbiturate groups is 1. The summed E-state index contributed by atoms with van der Waals surface area (Å²) >= 11 is 0. The maximum Gasteiger partial charge on any atom is 0.335 e. The second kappa shape index (κ2) is 8.42. The van der Waals surface area contributed by atoms with Gasteiger partial charge in [-0.3, -0.25) is 14.9 Å². The molecule has 4 aliphatic carbocycles. The van der Waals surface area contributed by atoms with Gasteiger partial charge in [-0.25, -0.2) is 9.69 Å². The third kappa shape index (κ3) is 3.51. The minimum atomic E-state index is -0.744. The lowest BCUT2D eigenvalue weighted by molar-refractivity contribution is -0.122. The number of nitrogens with zero attached hydrogens (tertiary/aromatic N) is 3. The average molecular weight is 505 g/mol. The molecular weight excluding hydrogens is 476 g/mol.